The van der Waals surface area contributed by atoms with Gasteiger partial charge in [0.1, 0.15) is 0 Å². The molecule has 1 unspecified atom stereocenters. The summed E-state index contributed by atoms with van der Waals surface area (Å²) in [5, 5.41) is 11.1. The zero-order chi connectivity index (χ0) is 23.8. The Bertz CT molecular complexity index is 1350. The SMILES string of the molecule is CC(NC(=O)c1nc2cc(C(=N)c3ccncc3)c(N)cc2[nH]1)c1cccc(C(F)(F)F)c1. The Balaban J connectivity index is 1.57. The molecule has 5 N–H and O–H groups in total. The molecule has 4 rings (SSSR count). The van der Waals surface area contributed by atoms with Crippen LogP contribution in [-0.2, 0) is 6.18 Å². The fourth-order valence-corrected chi connectivity index (χ4v) is 3.40. The molecule has 0 fully saturated rings. The first kappa shape index (κ1) is 22.0. The number of aromatic nitrogens is 3. The van der Waals surface area contributed by atoms with Gasteiger partial charge in [-0.15, -0.1) is 0 Å². The van der Waals surface area contributed by atoms with Crippen molar-refractivity contribution in [1.82, 2.24) is 20.3 Å². The van der Waals surface area contributed by atoms with Crippen LogP contribution in [0.15, 0.2) is 60.9 Å². The van der Waals surface area contributed by atoms with Gasteiger partial charge in [-0.1, -0.05) is 12.1 Å². The molecule has 7 nitrogen and oxygen atoms in total. The number of aromatic amines is 1. The van der Waals surface area contributed by atoms with Crippen LogP contribution in [0.2, 0.25) is 0 Å². The van der Waals surface area contributed by atoms with E-state index in [1.807, 2.05) is 0 Å². The number of nitrogens with zero attached hydrogens (tertiary/aromatic N) is 2. The van der Waals surface area contributed by atoms with E-state index in [0.29, 0.717) is 33.4 Å². The van der Waals surface area contributed by atoms with E-state index in [1.165, 1.54) is 12.1 Å². The van der Waals surface area contributed by atoms with E-state index in [-0.39, 0.29) is 11.5 Å². The first-order chi connectivity index (χ1) is 15.6. The third-order valence-corrected chi connectivity index (χ3v) is 5.17. The number of rotatable bonds is 5. The summed E-state index contributed by atoms with van der Waals surface area (Å²) in [7, 11) is 0. The maximum atomic E-state index is 13.0. The molecule has 0 radical (unpaired) electrons. The number of hydrogen-bond acceptors (Lipinski definition) is 5. The van der Waals surface area contributed by atoms with Crippen LogP contribution in [0.1, 0.15) is 45.8 Å². The molecule has 33 heavy (non-hydrogen) atoms. The van der Waals surface area contributed by atoms with E-state index in [4.69, 9.17) is 11.1 Å². The number of pyridine rings is 1. The molecule has 2 aromatic carbocycles. The van der Waals surface area contributed by atoms with E-state index >= 15 is 0 Å². The number of halogens is 3. The van der Waals surface area contributed by atoms with Crippen LogP contribution < -0.4 is 11.1 Å². The highest BCUT2D eigenvalue weighted by atomic mass is 19.4. The van der Waals surface area contributed by atoms with Crippen molar-refractivity contribution in [2.75, 3.05) is 5.73 Å². The highest BCUT2D eigenvalue weighted by Gasteiger charge is 2.31. The van der Waals surface area contributed by atoms with Crippen molar-refractivity contribution in [1.29, 1.82) is 5.41 Å². The molecule has 4 aromatic rings. The first-order valence-electron chi connectivity index (χ1n) is 9.90. The fourth-order valence-electron chi connectivity index (χ4n) is 3.40. The number of H-pyrrole nitrogens is 1. The number of carbonyl (C=O) groups excluding carboxylic acids is 1. The Morgan fingerprint density at radius 2 is 1.88 bits per heavy atom. The molecule has 1 amide bonds. The Hall–Kier alpha value is -4.21. The number of fused-ring (bicyclic) bond motifs is 1. The lowest BCUT2D eigenvalue weighted by molar-refractivity contribution is -0.137. The van der Waals surface area contributed by atoms with Crippen molar-refractivity contribution in [2.24, 2.45) is 0 Å². The summed E-state index contributed by atoms with van der Waals surface area (Å²) in [6.07, 6.45) is -1.33. The predicted octanol–water partition coefficient (Wildman–Crippen LogP) is 4.47. The van der Waals surface area contributed by atoms with E-state index in [2.05, 4.69) is 20.3 Å². The molecule has 0 spiro atoms. The van der Waals surface area contributed by atoms with Crippen LogP contribution in [0.4, 0.5) is 18.9 Å². The van der Waals surface area contributed by atoms with Crippen molar-refractivity contribution < 1.29 is 18.0 Å². The lowest BCUT2D eigenvalue weighted by Gasteiger charge is -2.15. The number of benzene rings is 2. The topological polar surface area (TPSA) is 121 Å². The lowest BCUT2D eigenvalue weighted by atomic mass is 10.0. The van der Waals surface area contributed by atoms with Gasteiger partial charge in [0.15, 0.2) is 5.82 Å². The fraction of sp³-hybridized carbons (Fsp3) is 0.130. The van der Waals surface area contributed by atoms with Gasteiger partial charge in [-0.25, -0.2) is 4.98 Å². The summed E-state index contributed by atoms with van der Waals surface area (Å²) < 4.78 is 38.9. The predicted molar refractivity (Wildman–Crippen MR) is 118 cm³/mol. The second-order valence-electron chi connectivity index (χ2n) is 7.47. The number of anilines is 1. The number of hydrogen-bond donors (Lipinski definition) is 4. The van der Waals surface area contributed by atoms with Crippen LogP contribution in [0.5, 0.6) is 0 Å². The van der Waals surface area contributed by atoms with Crippen molar-refractivity contribution in [3.8, 4) is 0 Å². The summed E-state index contributed by atoms with van der Waals surface area (Å²) in [6.45, 7) is 1.59. The molecular formula is C23H19F3N6O. The van der Waals surface area contributed by atoms with Gasteiger partial charge in [0.2, 0.25) is 0 Å². The molecule has 0 aliphatic rings. The van der Waals surface area contributed by atoms with E-state index in [1.54, 1.807) is 43.6 Å². The summed E-state index contributed by atoms with van der Waals surface area (Å²) in [5.74, 6) is -0.601. The minimum Gasteiger partial charge on any atom is -0.398 e. The van der Waals surface area contributed by atoms with E-state index < -0.39 is 23.7 Å². The van der Waals surface area contributed by atoms with Crippen molar-refractivity contribution in [2.45, 2.75) is 19.1 Å². The summed E-state index contributed by atoms with van der Waals surface area (Å²) >= 11 is 0. The van der Waals surface area contributed by atoms with Crippen LogP contribution in [-0.4, -0.2) is 26.6 Å². The molecule has 2 heterocycles. The molecule has 0 saturated carbocycles. The zero-order valence-corrected chi connectivity index (χ0v) is 17.4. The van der Waals surface area contributed by atoms with Crippen LogP contribution in [0, 0.1) is 5.41 Å². The Morgan fingerprint density at radius 1 is 1.15 bits per heavy atom. The Morgan fingerprint density at radius 3 is 2.58 bits per heavy atom. The van der Waals surface area contributed by atoms with Gasteiger partial charge in [-0.05, 0) is 48.9 Å². The van der Waals surface area contributed by atoms with Gasteiger partial charge in [-0.3, -0.25) is 15.2 Å². The van der Waals surface area contributed by atoms with Gasteiger partial charge >= 0.3 is 6.18 Å². The summed E-state index contributed by atoms with van der Waals surface area (Å²) in [6, 6.07) is 10.7. The largest absolute Gasteiger partial charge is 0.416 e. The van der Waals surface area contributed by atoms with Crippen LogP contribution in [0.25, 0.3) is 11.0 Å². The highest BCUT2D eigenvalue weighted by Crippen LogP contribution is 2.31. The lowest BCUT2D eigenvalue weighted by Crippen LogP contribution is -2.27. The minimum atomic E-state index is -4.47. The molecule has 0 bridgehead atoms. The van der Waals surface area contributed by atoms with Crippen LogP contribution >= 0.6 is 0 Å². The molecule has 1 atom stereocenters. The minimum absolute atomic E-state index is 0.0178. The maximum absolute atomic E-state index is 13.0. The number of nitrogens with two attached hydrogens (primary N) is 1. The summed E-state index contributed by atoms with van der Waals surface area (Å²) in [5.41, 5.74) is 8.15. The first-order valence-corrected chi connectivity index (χ1v) is 9.90. The molecule has 0 aliphatic carbocycles. The van der Waals surface area contributed by atoms with Crippen molar-refractivity contribution in [3.05, 3.63) is 89.0 Å². The third-order valence-electron chi connectivity index (χ3n) is 5.17. The Kier molecular flexibility index (Phi) is 5.59. The Labute approximate surface area is 186 Å². The molecule has 168 valence electrons. The number of imidazole rings is 1. The van der Waals surface area contributed by atoms with Gasteiger partial charge < -0.3 is 16.0 Å². The molecule has 0 saturated heterocycles. The van der Waals surface area contributed by atoms with E-state index in [0.717, 1.165) is 12.1 Å². The third kappa shape index (κ3) is 4.54. The van der Waals surface area contributed by atoms with Crippen molar-refractivity contribution >= 4 is 28.3 Å². The molecular weight excluding hydrogens is 433 g/mol. The van der Waals surface area contributed by atoms with Gasteiger partial charge in [-0.2, -0.15) is 13.2 Å². The maximum Gasteiger partial charge on any atom is 0.416 e. The number of carbonyl (C=O) groups is 1. The van der Waals surface area contributed by atoms with Gasteiger partial charge in [0.25, 0.3) is 5.91 Å². The van der Waals surface area contributed by atoms with Crippen LogP contribution in [0.3, 0.4) is 0 Å². The number of amides is 1. The quantitative estimate of drug-likeness (QED) is 0.264. The standard InChI is InChI=1S/C23H19F3N6O/c1-12(14-3-2-4-15(9-14)23(24,25)26)30-22(33)21-31-18-10-16(17(27)11-19(18)32-21)20(28)13-5-7-29-8-6-13/h2-12,28H,27H2,1H3,(H,30,33)(H,31,32). The van der Waals surface area contributed by atoms with E-state index in [9.17, 15) is 18.0 Å². The monoisotopic (exact) mass is 452 g/mol. The normalized spacial score (nSPS) is 12.5. The van der Waals surface area contributed by atoms with Crippen molar-refractivity contribution in [3.63, 3.8) is 0 Å². The number of alkyl halides is 3. The average Bonchev–Trinajstić information content (AvgIpc) is 3.21. The number of nitrogens with one attached hydrogen (secondary N) is 3. The number of nitrogen functional groups attached to an aromatic ring is 1. The summed E-state index contributed by atoms with van der Waals surface area (Å²) in [4.78, 5) is 23.8. The average molecular weight is 452 g/mol. The highest BCUT2D eigenvalue weighted by molar-refractivity contribution is 6.15. The smallest absolute Gasteiger partial charge is 0.398 e. The van der Waals surface area contributed by atoms with Gasteiger partial charge in [0, 0.05) is 29.2 Å². The second-order valence-corrected chi connectivity index (χ2v) is 7.47. The zero-order valence-electron chi connectivity index (χ0n) is 17.4. The molecule has 10 heteroatoms. The molecule has 0 aliphatic heterocycles. The second kappa shape index (κ2) is 8.38. The van der Waals surface area contributed by atoms with Gasteiger partial charge in [0.05, 0.1) is 28.4 Å². The molecule has 2 aromatic heterocycles.